The predicted molar refractivity (Wildman–Crippen MR) is 168 cm³/mol. The molecule has 1 aromatic carbocycles. The number of thioether (sulfide) groups is 1. The lowest BCUT2D eigenvalue weighted by Crippen LogP contribution is -2.52. The van der Waals surface area contributed by atoms with Gasteiger partial charge in [-0.2, -0.15) is 0 Å². The maximum atomic E-state index is 14.1. The highest BCUT2D eigenvalue weighted by molar-refractivity contribution is 7.98. The lowest BCUT2D eigenvalue weighted by Gasteiger charge is -2.35. The molecule has 0 atom stereocenters. The predicted octanol–water partition coefficient (Wildman–Crippen LogP) is 4.94. The van der Waals surface area contributed by atoms with Crippen molar-refractivity contribution in [3.8, 4) is 22.4 Å². The number of amides is 2. The van der Waals surface area contributed by atoms with Crippen molar-refractivity contribution in [1.29, 1.82) is 0 Å². The van der Waals surface area contributed by atoms with E-state index in [2.05, 4.69) is 15.0 Å². The van der Waals surface area contributed by atoms with E-state index in [1.54, 1.807) is 22.1 Å². The second kappa shape index (κ2) is 12.2. The van der Waals surface area contributed by atoms with E-state index in [0.29, 0.717) is 47.9 Å². The van der Waals surface area contributed by atoms with Crippen molar-refractivity contribution in [2.45, 2.75) is 51.9 Å². The Morgan fingerprint density at radius 1 is 0.953 bits per heavy atom. The first-order valence-corrected chi connectivity index (χ1v) is 15.4. The average molecular weight is 601 g/mol. The number of rotatable bonds is 5. The van der Waals surface area contributed by atoms with Gasteiger partial charge in [-0.3, -0.25) is 19.1 Å². The Kier molecular flexibility index (Phi) is 8.55. The summed E-state index contributed by atoms with van der Waals surface area (Å²) < 4.78 is 6.92. The Hall–Kier alpha value is -4.25. The summed E-state index contributed by atoms with van der Waals surface area (Å²) in [5, 5.41) is 1.18. The van der Waals surface area contributed by atoms with Gasteiger partial charge in [0.2, 0.25) is 5.91 Å². The molecule has 0 bridgehead atoms. The van der Waals surface area contributed by atoms with Crippen molar-refractivity contribution in [3.63, 3.8) is 0 Å². The van der Waals surface area contributed by atoms with Gasteiger partial charge in [-0.25, -0.2) is 14.8 Å². The zero-order valence-corrected chi connectivity index (χ0v) is 26.2. The molecule has 4 aromatic rings. The van der Waals surface area contributed by atoms with Crippen LogP contribution in [0.2, 0.25) is 0 Å². The lowest BCUT2D eigenvalue weighted by molar-refractivity contribution is -0.133. The molecule has 1 aliphatic rings. The van der Waals surface area contributed by atoms with Crippen LogP contribution in [0.15, 0.2) is 58.6 Å². The van der Waals surface area contributed by atoms with Crippen LogP contribution in [0.3, 0.4) is 0 Å². The summed E-state index contributed by atoms with van der Waals surface area (Å²) >= 11 is 1.37. The van der Waals surface area contributed by atoms with Crippen molar-refractivity contribution in [3.05, 3.63) is 70.3 Å². The molecule has 43 heavy (non-hydrogen) atoms. The fourth-order valence-corrected chi connectivity index (χ4v) is 5.45. The minimum absolute atomic E-state index is 0.176. The van der Waals surface area contributed by atoms with Crippen molar-refractivity contribution in [2.24, 2.45) is 0 Å². The SMILES string of the molecule is CSc1ncc2cc(-c3ccc(-c4cccc(C)n4)cc3C)c(=O)n(CC(=O)N3CCN(C(=O)OC(C)(C)C)CC3)c2n1. The van der Waals surface area contributed by atoms with Crippen LogP contribution in [-0.2, 0) is 16.1 Å². The summed E-state index contributed by atoms with van der Waals surface area (Å²) in [5.41, 5.74) is 4.41. The van der Waals surface area contributed by atoms with Gasteiger partial charge in [0.1, 0.15) is 17.8 Å². The standard InChI is InChI=1S/C32H36N6O4S/c1-20-16-22(26-9-7-8-21(2)34-26)10-11-24(20)25-17-23-18-33-30(43-6)35-28(23)38(29(25)40)19-27(39)36-12-14-37(15-13-36)31(41)42-32(3,4)5/h7-11,16-18H,12-15,19H2,1-6H3. The summed E-state index contributed by atoms with van der Waals surface area (Å²) in [6, 6.07) is 13.6. The van der Waals surface area contributed by atoms with E-state index >= 15 is 0 Å². The zero-order chi connectivity index (χ0) is 30.9. The minimum atomic E-state index is -0.592. The number of carbonyl (C=O) groups is 2. The number of piperazine rings is 1. The lowest BCUT2D eigenvalue weighted by atomic mass is 9.97. The highest BCUT2D eigenvalue weighted by Crippen LogP contribution is 2.28. The van der Waals surface area contributed by atoms with Crippen LogP contribution in [0, 0.1) is 13.8 Å². The quantitative estimate of drug-likeness (QED) is 0.234. The maximum Gasteiger partial charge on any atom is 0.410 e. The summed E-state index contributed by atoms with van der Waals surface area (Å²) in [4.78, 5) is 57.0. The van der Waals surface area contributed by atoms with Gasteiger partial charge in [-0.15, -0.1) is 0 Å². The van der Waals surface area contributed by atoms with E-state index in [1.165, 1.54) is 16.3 Å². The highest BCUT2D eigenvalue weighted by Gasteiger charge is 2.28. The molecule has 4 heterocycles. The number of aryl methyl sites for hydroxylation is 2. The van der Waals surface area contributed by atoms with Crippen molar-refractivity contribution >= 4 is 34.8 Å². The van der Waals surface area contributed by atoms with Gasteiger partial charge in [0.15, 0.2) is 5.16 Å². The first-order chi connectivity index (χ1) is 20.4. The number of pyridine rings is 2. The smallest absolute Gasteiger partial charge is 0.410 e. The van der Waals surface area contributed by atoms with E-state index in [4.69, 9.17) is 4.74 Å². The molecule has 0 radical (unpaired) electrons. The Morgan fingerprint density at radius 3 is 2.33 bits per heavy atom. The van der Waals surface area contributed by atoms with Gasteiger partial charge in [0, 0.05) is 54.6 Å². The number of nitrogens with zero attached hydrogens (tertiary/aromatic N) is 6. The first kappa shape index (κ1) is 30.2. The van der Waals surface area contributed by atoms with E-state index in [-0.39, 0.29) is 18.0 Å². The van der Waals surface area contributed by atoms with Gasteiger partial charge in [0.25, 0.3) is 5.56 Å². The van der Waals surface area contributed by atoms with Crippen molar-refractivity contribution in [2.75, 3.05) is 32.4 Å². The average Bonchev–Trinajstić information content (AvgIpc) is 2.97. The Morgan fingerprint density at radius 2 is 1.67 bits per heavy atom. The highest BCUT2D eigenvalue weighted by atomic mass is 32.2. The normalized spacial score (nSPS) is 13.8. The molecule has 0 aliphatic carbocycles. The van der Waals surface area contributed by atoms with E-state index in [1.807, 2.05) is 77.3 Å². The molecule has 3 aromatic heterocycles. The first-order valence-electron chi connectivity index (χ1n) is 14.2. The van der Waals surface area contributed by atoms with Gasteiger partial charge >= 0.3 is 6.09 Å². The van der Waals surface area contributed by atoms with Crippen LogP contribution in [0.1, 0.15) is 32.0 Å². The molecule has 11 heteroatoms. The molecule has 1 fully saturated rings. The molecule has 224 valence electrons. The molecule has 1 saturated heterocycles. The number of hydrogen-bond donors (Lipinski definition) is 0. The molecule has 0 unspecified atom stereocenters. The third-order valence-corrected chi connectivity index (χ3v) is 7.83. The fraction of sp³-hybridized carbons (Fsp3) is 0.375. The molecule has 0 spiro atoms. The largest absolute Gasteiger partial charge is 0.444 e. The van der Waals surface area contributed by atoms with Crippen LogP contribution >= 0.6 is 11.8 Å². The molecular weight excluding hydrogens is 564 g/mol. The van der Waals surface area contributed by atoms with Crippen molar-refractivity contribution in [1.82, 2.24) is 29.3 Å². The Labute approximate surface area is 255 Å². The second-order valence-electron chi connectivity index (χ2n) is 11.6. The number of carbonyl (C=O) groups excluding carboxylic acids is 2. The Balaban J connectivity index is 1.46. The molecule has 1 aliphatic heterocycles. The summed E-state index contributed by atoms with van der Waals surface area (Å²) in [6.45, 7) is 10.6. The van der Waals surface area contributed by atoms with E-state index in [0.717, 1.165) is 28.1 Å². The molecule has 2 amide bonds. The number of hydrogen-bond acceptors (Lipinski definition) is 8. The van der Waals surface area contributed by atoms with Gasteiger partial charge in [-0.05, 0) is 76.3 Å². The second-order valence-corrected chi connectivity index (χ2v) is 12.4. The van der Waals surface area contributed by atoms with E-state index < -0.39 is 11.7 Å². The van der Waals surface area contributed by atoms with Gasteiger partial charge in [0.05, 0.1) is 5.69 Å². The molecule has 5 rings (SSSR count). The molecule has 0 N–H and O–H groups in total. The number of ether oxygens (including phenoxy) is 1. The third kappa shape index (κ3) is 6.72. The number of aromatic nitrogens is 4. The third-order valence-electron chi connectivity index (χ3n) is 7.27. The van der Waals surface area contributed by atoms with E-state index in [9.17, 15) is 14.4 Å². The number of fused-ring (bicyclic) bond motifs is 1. The number of benzene rings is 1. The topological polar surface area (TPSA) is 111 Å². The molecular formula is C32H36N6O4S. The van der Waals surface area contributed by atoms with Crippen LogP contribution in [0.25, 0.3) is 33.4 Å². The zero-order valence-electron chi connectivity index (χ0n) is 25.4. The van der Waals surface area contributed by atoms with Crippen molar-refractivity contribution < 1.29 is 14.3 Å². The fourth-order valence-electron chi connectivity index (χ4n) is 5.11. The summed E-state index contributed by atoms with van der Waals surface area (Å²) in [7, 11) is 0. The molecule has 10 nitrogen and oxygen atoms in total. The van der Waals surface area contributed by atoms with Crippen LogP contribution in [0.5, 0.6) is 0 Å². The van der Waals surface area contributed by atoms with Gasteiger partial charge < -0.3 is 14.5 Å². The Bertz CT molecular complexity index is 1760. The monoisotopic (exact) mass is 600 g/mol. The molecule has 0 saturated carbocycles. The minimum Gasteiger partial charge on any atom is -0.444 e. The van der Waals surface area contributed by atoms with Crippen LogP contribution in [-0.4, -0.2) is 79.4 Å². The maximum absolute atomic E-state index is 14.1. The van der Waals surface area contributed by atoms with Gasteiger partial charge in [-0.1, -0.05) is 30.0 Å². The van der Waals surface area contributed by atoms with Crippen LogP contribution < -0.4 is 5.56 Å². The summed E-state index contributed by atoms with van der Waals surface area (Å²) in [6.07, 6.45) is 3.16. The summed E-state index contributed by atoms with van der Waals surface area (Å²) in [5.74, 6) is -0.216. The van der Waals surface area contributed by atoms with Crippen LogP contribution in [0.4, 0.5) is 4.79 Å².